The van der Waals surface area contributed by atoms with E-state index in [1.807, 2.05) is 30.3 Å². The van der Waals surface area contributed by atoms with Crippen molar-refractivity contribution in [2.45, 2.75) is 38.1 Å². The molecular weight excluding hydrogens is 282 g/mol. The number of carbonyl (C=O) groups excluding carboxylic acids is 2. The highest BCUT2D eigenvalue weighted by molar-refractivity contribution is 5.84. The molecule has 0 radical (unpaired) electrons. The minimum Gasteiger partial charge on any atom is -0.494 e. The molecular formula is C17H23NO4. The molecule has 0 aromatic heterocycles. The van der Waals surface area contributed by atoms with Gasteiger partial charge in [-0.25, -0.2) is 4.79 Å². The topological polar surface area (TPSA) is 55.8 Å². The number of hydrogen-bond donors (Lipinski definition) is 0. The van der Waals surface area contributed by atoms with E-state index in [1.54, 1.807) is 4.90 Å². The highest BCUT2D eigenvalue weighted by Gasteiger charge is 2.32. The molecule has 1 fully saturated rings. The molecule has 5 heteroatoms. The van der Waals surface area contributed by atoms with Gasteiger partial charge in [-0.1, -0.05) is 18.2 Å². The molecule has 1 saturated heterocycles. The Kier molecular flexibility index (Phi) is 6.25. The van der Waals surface area contributed by atoms with Gasteiger partial charge in [-0.3, -0.25) is 4.79 Å². The molecule has 22 heavy (non-hydrogen) atoms. The maximum Gasteiger partial charge on any atom is 0.328 e. The van der Waals surface area contributed by atoms with E-state index in [4.69, 9.17) is 9.47 Å². The first-order valence-electron chi connectivity index (χ1n) is 7.77. The standard InChI is InChI=1S/C17H23NO4/c1-21-17(20)15-10-5-6-12-18(15)16(19)11-7-13-22-14-8-3-2-4-9-14/h2-4,8-9,15H,5-7,10-13H2,1H3. The second kappa shape index (κ2) is 8.41. The second-order valence-corrected chi connectivity index (χ2v) is 5.39. The number of nitrogens with zero attached hydrogens (tertiary/aromatic N) is 1. The van der Waals surface area contributed by atoms with Gasteiger partial charge in [-0.05, 0) is 37.8 Å². The average Bonchev–Trinajstić information content (AvgIpc) is 2.58. The van der Waals surface area contributed by atoms with Crippen molar-refractivity contribution in [2.24, 2.45) is 0 Å². The number of amides is 1. The van der Waals surface area contributed by atoms with Crippen LogP contribution in [0.25, 0.3) is 0 Å². The SMILES string of the molecule is COC(=O)C1CCCCN1C(=O)CCCOc1ccccc1. The third kappa shape index (κ3) is 4.48. The van der Waals surface area contributed by atoms with E-state index in [2.05, 4.69) is 0 Å². The van der Waals surface area contributed by atoms with Gasteiger partial charge < -0.3 is 14.4 Å². The average molecular weight is 305 g/mol. The Morgan fingerprint density at radius 2 is 2.00 bits per heavy atom. The van der Waals surface area contributed by atoms with Crippen LogP contribution in [0.15, 0.2) is 30.3 Å². The molecule has 1 atom stereocenters. The van der Waals surface area contributed by atoms with Crippen molar-refractivity contribution >= 4 is 11.9 Å². The van der Waals surface area contributed by atoms with Crippen molar-refractivity contribution < 1.29 is 19.1 Å². The summed E-state index contributed by atoms with van der Waals surface area (Å²) >= 11 is 0. The first kappa shape index (κ1) is 16.3. The molecule has 0 spiro atoms. The molecule has 1 aromatic carbocycles. The third-order valence-corrected chi connectivity index (χ3v) is 3.84. The maximum atomic E-state index is 12.3. The second-order valence-electron chi connectivity index (χ2n) is 5.39. The molecule has 1 amide bonds. The first-order chi connectivity index (χ1) is 10.7. The molecule has 120 valence electrons. The molecule has 1 heterocycles. The van der Waals surface area contributed by atoms with Gasteiger partial charge in [0.05, 0.1) is 13.7 Å². The van der Waals surface area contributed by atoms with Gasteiger partial charge in [0.1, 0.15) is 11.8 Å². The van der Waals surface area contributed by atoms with Gasteiger partial charge in [-0.15, -0.1) is 0 Å². The zero-order valence-electron chi connectivity index (χ0n) is 13.0. The van der Waals surface area contributed by atoms with Crippen molar-refractivity contribution in [3.05, 3.63) is 30.3 Å². The van der Waals surface area contributed by atoms with Crippen LogP contribution in [0, 0.1) is 0 Å². The Morgan fingerprint density at radius 3 is 2.73 bits per heavy atom. The number of para-hydroxylation sites is 1. The quantitative estimate of drug-likeness (QED) is 0.598. The Labute approximate surface area is 131 Å². The van der Waals surface area contributed by atoms with Crippen molar-refractivity contribution in [1.29, 1.82) is 0 Å². The number of carbonyl (C=O) groups is 2. The smallest absolute Gasteiger partial charge is 0.328 e. The van der Waals surface area contributed by atoms with Crippen LogP contribution in [0.5, 0.6) is 5.75 Å². The monoisotopic (exact) mass is 305 g/mol. The summed E-state index contributed by atoms with van der Waals surface area (Å²) in [4.78, 5) is 25.7. The lowest BCUT2D eigenvalue weighted by Gasteiger charge is -2.33. The minimum atomic E-state index is -0.415. The molecule has 1 aliphatic heterocycles. The largest absolute Gasteiger partial charge is 0.494 e. The molecule has 1 unspecified atom stereocenters. The van der Waals surface area contributed by atoms with Gasteiger partial charge in [0.2, 0.25) is 5.91 Å². The van der Waals surface area contributed by atoms with Gasteiger partial charge in [-0.2, -0.15) is 0 Å². The van der Waals surface area contributed by atoms with Crippen LogP contribution in [0.3, 0.4) is 0 Å². The summed E-state index contributed by atoms with van der Waals surface area (Å²) in [5.41, 5.74) is 0. The summed E-state index contributed by atoms with van der Waals surface area (Å²) in [7, 11) is 1.37. The van der Waals surface area contributed by atoms with E-state index in [1.165, 1.54) is 7.11 Å². The van der Waals surface area contributed by atoms with Crippen LogP contribution in [-0.4, -0.2) is 43.1 Å². The van der Waals surface area contributed by atoms with Gasteiger partial charge >= 0.3 is 5.97 Å². The van der Waals surface area contributed by atoms with E-state index < -0.39 is 6.04 Å². The fraction of sp³-hybridized carbons (Fsp3) is 0.529. The Hall–Kier alpha value is -2.04. The van der Waals surface area contributed by atoms with Gasteiger partial charge in [0.25, 0.3) is 0 Å². The number of ether oxygens (including phenoxy) is 2. The molecule has 1 aromatic rings. The van der Waals surface area contributed by atoms with Crippen LogP contribution >= 0.6 is 0 Å². The summed E-state index contributed by atoms with van der Waals surface area (Å²) in [5, 5.41) is 0. The highest BCUT2D eigenvalue weighted by atomic mass is 16.5. The number of benzene rings is 1. The molecule has 0 N–H and O–H groups in total. The molecule has 0 saturated carbocycles. The highest BCUT2D eigenvalue weighted by Crippen LogP contribution is 2.19. The Morgan fingerprint density at radius 1 is 1.23 bits per heavy atom. The van der Waals surface area contributed by atoms with Crippen LogP contribution in [-0.2, 0) is 14.3 Å². The van der Waals surface area contributed by atoms with Crippen molar-refractivity contribution in [2.75, 3.05) is 20.3 Å². The third-order valence-electron chi connectivity index (χ3n) is 3.84. The molecule has 5 nitrogen and oxygen atoms in total. The lowest BCUT2D eigenvalue weighted by atomic mass is 10.0. The van der Waals surface area contributed by atoms with E-state index in [9.17, 15) is 9.59 Å². The lowest BCUT2D eigenvalue weighted by Crippen LogP contribution is -2.48. The zero-order chi connectivity index (χ0) is 15.8. The number of piperidine rings is 1. The minimum absolute atomic E-state index is 0.00626. The van der Waals surface area contributed by atoms with Crippen LogP contribution in [0.1, 0.15) is 32.1 Å². The van der Waals surface area contributed by atoms with Gasteiger partial charge in [0.15, 0.2) is 0 Å². The van der Waals surface area contributed by atoms with Crippen LogP contribution in [0.2, 0.25) is 0 Å². The van der Waals surface area contributed by atoms with Crippen molar-refractivity contribution in [3.63, 3.8) is 0 Å². The lowest BCUT2D eigenvalue weighted by molar-refractivity contribution is -0.154. The number of rotatable bonds is 6. The fourth-order valence-corrected chi connectivity index (χ4v) is 2.68. The van der Waals surface area contributed by atoms with E-state index in [0.717, 1.165) is 18.6 Å². The summed E-state index contributed by atoms with van der Waals surface area (Å²) in [6.45, 7) is 1.13. The number of hydrogen-bond acceptors (Lipinski definition) is 4. The summed E-state index contributed by atoms with van der Waals surface area (Å²) in [6, 6.07) is 9.12. The van der Waals surface area contributed by atoms with E-state index in [-0.39, 0.29) is 11.9 Å². The normalized spacial score (nSPS) is 17.9. The first-order valence-corrected chi connectivity index (χ1v) is 7.77. The predicted octanol–water partition coefficient (Wildman–Crippen LogP) is 2.40. The molecule has 0 bridgehead atoms. The number of methoxy groups -OCH3 is 1. The zero-order valence-corrected chi connectivity index (χ0v) is 13.0. The fourth-order valence-electron chi connectivity index (χ4n) is 2.68. The van der Waals surface area contributed by atoms with Crippen LogP contribution < -0.4 is 4.74 Å². The number of esters is 1. The Balaban J connectivity index is 1.76. The van der Waals surface area contributed by atoms with E-state index >= 15 is 0 Å². The Bertz CT molecular complexity index is 489. The van der Waals surface area contributed by atoms with Crippen molar-refractivity contribution in [1.82, 2.24) is 4.90 Å². The van der Waals surface area contributed by atoms with Crippen LogP contribution in [0.4, 0.5) is 0 Å². The van der Waals surface area contributed by atoms with E-state index in [0.29, 0.717) is 32.4 Å². The maximum absolute atomic E-state index is 12.3. The predicted molar refractivity (Wildman–Crippen MR) is 82.5 cm³/mol. The summed E-state index contributed by atoms with van der Waals surface area (Å²) in [5.74, 6) is 0.501. The molecule has 0 aliphatic carbocycles. The van der Waals surface area contributed by atoms with Gasteiger partial charge in [0, 0.05) is 13.0 Å². The van der Waals surface area contributed by atoms with Crippen molar-refractivity contribution in [3.8, 4) is 5.75 Å². The summed E-state index contributed by atoms with van der Waals surface area (Å²) < 4.78 is 10.4. The molecule has 1 aliphatic rings. The number of likely N-dealkylation sites (tertiary alicyclic amines) is 1. The summed E-state index contributed by atoms with van der Waals surface area (Å²) in [6.07, 6.45) is 3.62. The molecule has 2 rings (SSSR count).